The van der Waals surface area contributed by atoms with Gasteiger partial charge in [0.25, 0.3) is 10.1 Å². The van der Waals surface area contributed by atoms with Crippen molar-refractivity contribution in [3.8, 4) is 0 Å². The zero-order valence-corrected chi connectivity index (χ0v) is 10.3. The monoisotopic (exact) mass is 277 g/mol. The van der Waals surface area contributed by atoms with Gasteiger partial charge in [0.05, 0.1) is 5.69 Å². The molecule has 0 heterocycles. The molecule has 1 aromatic rings. The van der Waals surface area contributed by atoms with Gasteiger partial charge in [0.1, 0.15) is 10.3 Å². The number of Topliss-reactive ketones (excluding diaryl/α,β-unsaturated/α-hetero) is 1. The van der Waals surface area contributed by atoms with Gasteiger partial charge in [-0.25, -0.2) is 0 Å². The molecule has 0 bridgehead atoms. The lowest BCUT2D eigenvalue weighted by molar-refractivity contribution is 0.0945. The summed E-state index contributed by atoms with van der Waals surface area (Å²) in [6, 6.07) is 3.67. The molecule has 1 rings (SSSR count). The first-order chi connectivity index (χ1) is 7.73. The molecule has 0 aliphatic carbocycles. The van der Waals surface area contributed by atoms with Gasteiger partial charge in [0.2, 0.25) is 0 Å². The molecule has 1 aromatic carbocycles. The van der Waals surface area contributed by atoms with E-state index in [-0.39, 0.29) is 17.7 Å². The normalized spacial score (nSPS) is 13.4. The molecule has 0 amide bonds. The number of benzene rings is 1. The minimum atomic E-state index is -4.48. The Balaban J connectivity index is 3.25. The number of hydrogen-bond donors (Lipinski definition) is 4. The number of aliphatic hydroxyl groups is 1. The lowest BCUT2D eigenvalue weighted by Gasteiger charge is -2.08. The third kappa shape index (κ3) is 3.43. The molecule has 0 radical (unpaired) electrons. The lowest BCUT2D eigenvalue weighted by atomic mass is 10.1. The Labute approximate surface area is 104 Å². The molecule has 0 spiro atoms. The number of thiol groups is 1. The molecule has 8 heteroatoms. The maximum Gasteiger partial charge on any atom is 0.296 e. The number of carbonyl (C=O) groups is 1. The zero-order chi connectivity index (χ0) is 13.2. The van der Waals surface area contributed by atoms with Gasteiger partial charge in [0.15, 0.2) is 5.78 Å². The van der Waals surface area contributed by atoms with Crippen LogP contribution in [0, 0.1) is 0 Å². The van der Waals surface area contributed by atoms with Crippen LogP contribution in [0.1, 0.15) is 16.8 Å². The molecule has 1 unspecified atom stereocenters. The van der Waals surface area contributed by atoms with Crippen LogP contribution >= 0.6 is 12.6 Å². The molecule has 0 aliphatic rings. The highest BCUT2D eigenvalue weighted by Crippen LogP contribution is 2.23. The van der Waals surface area contributed by atoms with Crippen molar-refractivity contribution in [2.75, 3.05) is 5.73 Å². The number of hydrogen-bond acceptors (Lipinski definition) is 6. The number of para-hydroxylation sites is 1. The first kappa shape index (κ1) is 14.0. The predicted octanol–water partition coefficient (Wildman–Crippen LogP) is 0.336. The number of nitrogen functional groups attached to an aromatic ring is 1. The fourth-order valence-corrected chi connectivity index (χ4v) is 2.09. The Morgan fingerprint density at radius 1 is 1.47 bits per heavy atom. The van der Waals surface area contributed by atoms with E-state index in [0.29, 0.717) is 0 Å². The largest absolute Gasteiger partial charge is 0.397 e. The number of nitrogens with two attached hydrogens (primary N) is 1. The minimum absolute atomic E-state index is 0.0757. The van der Waals surface area contributed by atoms with Crippen LogP contribution in [0.5, 0.6) is 0 Å². The number of carbonyl (C=O) groups excluding carboxylic acids is 1. The van der Waals surface area contributed by atoms with E-state index >= 15 is 0 Å². The standard InChI is InChI=1S/C9H11NO5S2/c10-9-5(6(11)4-8(12)16)2-1-3-7(9)17(13,14)15/h1-3,8,12,16H,4,10H2,(H,13,14,15). The first-order valence-electron chi connectivity index (χ1n) is 4.49. The van der Waals surface area contributed by atoms with Crippen molar-refractivity contribution in [3.05, 3.63) is 23.8 Å². The quantitative estimate of drug-likeness (QED) is 0.207. The SMILES string of the molecule is Nc1c(C(=O)CC(O)S)cccc1S(=O)(=O)O. The molecule has 6 nitrogen and oxygen atoms in total. The van der Waals surface area contributed by atoms with Gasteiger partial charge >= 0.3 is 0 Å². The van der Waals surface area contributed by atoms with E-state index < -0.39 is 26.2 Å². The summed E-state index contributed by atoms with van der Waals surface area (Å²) in [5, 5.41) is 8.94. The van der Waals surface area contributed by atoms with Crippen molar-refractivity contribution in [1.29, 1.82) is 0 Å². The van der Waals surface area contributed by atoms with Gasteiger partial charge in [-0.05, 0) is 12.1 Å². The minimum Gasteiger partial charge on any atom is -0.397 e. The second-order valence-corrected chi connectivity index (χ2v) is 5.29. The zero-order valence-electron chi connectivity index (χ0n) is 8.57. The molecule has 17 heavy (non-hydrogen) atoms. The van der Waals surface area contributed by atoms with Crippen molar-refractivity contribution in [3.63, 3.8) is 0 Å². The topological polar surface area (TPSA) is 118 Å². The summed E-state index contributed by atoms with van der Waals surface area (Å²) < 4.78 is 30.8. The van der Waals surface area contributed by atoms with Gasteiger partial charge in [0, 0.05) is 12.0 Å². The van der Waals surface area contributed by atoms with Crippen LogP contribution in [-0.4, -0.2) is 29.3 Å². The summed E-state index contributed by atoms with van der Waals surface area (Å²) >= 11 is 3.63. The van der Waals surface area contributed by atoms with Crippen LogP contribution < -0.4 is 5.73 Å². The van der Waals surface area contributed by atoms with Gasteiger partial charge in [-0.2, -0.15) is 8.42 Å². The Morgan fingerprint density at radius 3 is 2.53 bits per heavy atom. The molecule has 0 aromatic heterocycles. The van der Waals surface area contributed by atoms with Crippen LogP contribution in [0.25, 0.3) is 0 Å². The molecule has 0 fully saturated rings. The first-order valence-corrected chi connectivity index (χ1v) is 6.44. The van der Waals surface area contributed by atoms with Crippen LogP contribution in [0.2, 0.25) is 0 Å². The maximum atomic E-state index is 11.6. The van der Waals surface area contributed by atoms with Crippen LogP contribution in [0.3, 0.4) is 0 Å². The van der Waals surface area contributed by atoms with E-state index in [4.69, 9.17) is 15.4 Å². The van der Waals surface area contributed by atoms with E-state index in [1.165, 1.54) is 12.1 Å². The summed E-state index contributed by atoms with van der Waals surface area (Å²) in [6.45, 7) is 0. The van der Waals surface area contributed by atoms with Crippen molar-refractivity contribution in [1.82, 2.24) is 0 Å². The molecule has 94 valence electrons. The van der Waals surface area contributed by atoms with E-state index in [0.717, 1.165) is 6.07 Å². The molecule has 0 saturated heterocycles. The highest BCUT2D eigenvalue weighted by Gasteiger charge is 2.20. The van der Waals surface area contributed by atoms with Crippen molar-refractivity contribution < 1.29 is 22.9 Å². The summed E-state index contributed by atoms with van der Waals surface area (Å²) in [4.78, 5) is 11.1. The maximum absolute atomic E-state index is 11.6. The molecule has 0 saturated carbocycles. The highest BCUT2D eigenvalue weighted by atomic mass is 32.2. The predicted molar refractivity (Wildman–Crippen MR) is 64.6 cm³/mol. The Bertz CT molecular complexity index is 538. The molecule has 4 N–H and O–H groups in total. The van der Waals surface area contributed by atoms with E-state index in [1.807, 2.05) is 0 Å². The van der Waals surface area contributed by atoms with Crippen LogP contribution in [0.15, 0.2) is 23.1 Å². The van der Waals surface area contributed by atoms with E-state index in [1.54, 1.807) is 0 Å². The average Bonchev–Trinajstić information content (AvgIpc) is 2.14. The molecule has 1 atom stereocenters. The highest BCUT2D eigenvalue weighted by molar-refractivity contribution is 7.86. The summed E-state index contributed by atoms with van der Waals surface area (Å²) in [5.41, 5.74) is 3.91. The van der Waals surface area contributed by atoms with Crippen molar-refractivity contribution >= 4 is 34.2 Å². The Kier molecular flexibility index (Phi) is 4.15. The van der Waals surface area contributed by atoms with Crippen molar-refractivity contribution in [2.24, 2.45) is 0 Å². The Morgan fingerprint density at radius 2 is 2.06 bits per heavy atom. The average molecular weight is 277 g/mol. The van der Waals surface area contributed by atoms with Gasteiger partial charge in [-0.3, -0.25) is 9.35 Å². The third-order valence-electron chi connectivity index (χ3n) is 2.01. The number of anilines is 1. The van der Waals surface area contributed by atoms with Gasteiger partial charge in [-0.15, -0.1) is 12.6 Å². The fourth-order valence-electron chi connectivity index (χ4n) is 1.29. The van der Waals surface area contributed by atoms with Gasteiger partial charge in [-0.1, -0.05) is 6.07 Å². The smallest absolute Gasteiger partial charge is 0.296 e. The van der Waals surface area contributed by atoms with Gasteiger partial charge < -0.3 is 10.8 Å². The number of ketones is 1. The Hall–Kier alpha value is -1.09. The fraction of sp³-hybridized carbons (Fsp3) is 0.222. The lowest BCUT2D eigenvalue weighted by Crippen LogP contribution is -2.12. The molecule has 0 aliphatic heterocycles. The summed E-state index contributed by atoms with van der Waals surface area (Å²) in [5.74, 6) is -0.560. The van der Waals surface area contributed by atoms with Crippen LogP contribution in [-0.2, 0) is 10.1 Å². The summed E-state index contributed by atoms with van der Waals surface area (Å²) in [7, 11) is -4.48. The molecular formula is C9H11NO5S2. The summed E-state index contributed by atoms with van der Waals surface area (Å²) in [6.07, 6.45) is -0.303. The van der Waals surface area contributed by atoms with Crippen LogP contribution in [0.4, 0.5) is 5.69 Å². The third-order valence-corrected chi connectivity index (χ3v) is 3.11. The number of rotatable bonds is 4. The second-order valence-electron chi connectivity index (χ2n) is 3.30. The second kappa shape index (κ2) is 5.05. The van der Waals surface area contributed by atoms with E-state index in [2.05, 4.69) is 12.6 Å². The number of aliphatic hydroxyl groups excluding tert-OH is 1. The van der Waals surface area contributed by atoms with Crippen molar-refractivity contribution in [2.45, 2.75) is 16.8 Å². The molecular weight excluding hydrogens is 266 g/mol. The van der Waals surface area contributed by atoms with E-state index in [9.17, 15) is 13.2 Å².